The summed E-state index contributed by atoms with van der Waals surface area (Å²) >= 11 is 2.93. The Hall–Kier alpha value is -2.12. The van der Waals surface area contributed by atoms with E-state index in [-0.39, 0.29) is 6.42 Å². The molecule has 0 aliphatic heterocycles. The van der Waals surface area contributed by atoms with Gasteiger partial charge in [-0.3, -0.25) is 4.79 Å². The molecule has 3 heterocycles. The van der Waals surface area contributed by atoms with E-state index < -0.39 is 5.97 Å². The second kappa shape index (κ2) is 5.71. The fourth-order valence-electron chi connectivity index (χ4n) is 1.75. The summed E-state index contributed by atoms with van der Waals surface area (Å²) in [6.45, 7) is 1.94. The predicted molar refractivity (Wildman–Crippen MR) is 82.5 cm³/mol. The lowest BCUT2D eigenvalue weighted by Gasteiger charge is -1.94. The van der Waals surface area contributed by atoms with Crippen LogP contribution < -0.4 is 0 Å². The van der Waals surface area contributed by atoms with Gasteiger partial charge in [-0.25, -0.2) is 15.0 Å². The lowest BCUT2D eigenvalue weighted by molar-refractivity contribution is -0.136. The average Bonchev–Trinajstić information content (AvgIpc) is 3.07. The van der Waals surface area contributed by atoms with E-state index in [1.54, 1.807) is 12.4 Å². The highest BCUT2D eigenvalue weighted by Crippen LogP contribution is 2.31. The Morgan fingerprint density at radius 3 is 2.76 bits per heavy atom. The molecule has 0 saturated carbocycles. The number of hydrogen-bond acceptors (Lipinski definition) is 6. The number of thiazole rings is 1. The molecule has 1 N–H and O–H groups in total. The summed E-state index contributed by atoms with van der Waals surface area (Å²) in [7, 11) is 0. The van der Waals surface area contributed by atoms with Gasteiger partial charge in [0.25, 0.3) is 0 Å². The quantitative estimate of drug-likeness (QED) is 0.799. The Morgan fingerprint density at radius 2 is 2.05 bits per heavy atom. The van der Waals surface area contributed by atoms with Gasteiger partial charge in [-0.2, -0.15) is 0 Å². The van der Waals surface area contributed by atoms with Gasteiger partial charge in [-0.05, 0) is 24.6 Å². The van der Waals surface area contributed by atoms with Crippen molar-refractivity contribution in [2.45, 2.75) is 13.3 Å². The molecule has 0 fully saturated rings. The lowest BCUT2D eigenvalue weighted by atomic mass is 10.3. The summed E-state index contributed by atoms with van der Waals surface area (Å²) in [5.41, 5.74) is 1.84. The number of aliphatic carboxylic acids is 1. The van der Waals surface area contributed by atoms with Gasteiger partial charge in [-0.15, -0.1) is 22.7 Å². The molecular formula is C14H11N3O2S2. The van der Waals surface area contributed by atoms with Gasteiger partial charge in [0.2, 0.25) is 0 Å². The Labute approximate surface area is 129 Å². The Kier molecular flexibility index (Phi) is 3.76. The third kappa shape index (κ3) is 3.14. The van der Waals surface area contributed by atoms with Crippen molar-refractivity contribution in [2.75, 3.05) is 0 Å². The molecule has 5 nitrogen and oxygen atoms in total. The van der Waals surface area contributed by atoms with Gasteiger partial charge in [0, 0.05) is 22.7 Å². The van der Waals surface area contributed by atoms with E-state index in [0.717, 1.165) is 26.0 Å². The van der Waals surface area contributed by atoms with Crippen LogP contribution in [-0.2, 0) is 11.2 Å². The molecule has 0 unspecified atom stereocenters. The Bertz CT molecular complexity index is 778. The fourth-order valence-corrected chi connectivity index (χ4v) is 3.55. The molecule has 3 aromatic heterocycles. The van der Waals surface area contributed by atoms with Crippen LogP contribution in [0.15, 0.2) is 29.9 Å². The molecule has 0 spiro atoms. The van der Waals surface area contributed by atoms with E-state index in [2.05, 4.69) is 15.0 Å². The predicted octanol–water partition coefficient (Wildman–Crippen LogP) is 3.26. The first-order chi connectivity index (χ1) is 10.1. The van der Waals surface area contributed by atoms with Crippen molar-refractivity contribution in [1.29, 1.82) is 0 Å². The van der Waals surface area contributed by atoms with E-state index in [4.69, 9.17) is 5.11 Å². The molecule has 0 radical (unpaired) electrons. The number of thiophene rings is 1. The standard InChI is InChI=1S/C14H11N3O2S2/c1-8-5-15-13(16-6-8)14-17-10(7-20-14)11-3-2-9(21-11)4-12(18)19/h2-3,5-7H,4H2,1H3,(H,18,19). The van der Waals surface area contributed by atoms with Gasteiger partial charge in [0.15, 0.2) is 10.8 Å². The van der Waals surface area contributed by atoms with Gasteiger partial charge >= 0.3 is 5.97 Å². The molecule has 0 aliphatic carbocycles. The minimum Gasteiger partial charge on any atom is -0.481 e. The summed E-state index contributed by atoms with van der Waals surface area (Å²) in [5.74, 6) is -0.213. The highest BCUT2D eigenvalue weighted by atomic mass is 32.1. The SMILES string of the molecule is Cc1cnc(-c2nc(-c3ccc(CC(=O)O)s3)cs2)nc1. The van der Waals surface area contributed by atoms with Crippen LogP contribution in [-0.4, -0.2) is 26.0 Å². The van der Waals surface area contributed by atoms with E-state index in [1.165, 1.54) is 22.7 Å². The van der Waals surface area contributed by atoms with Crippen LogP contribution in [0.1, 0.15) is 10.4 Å². The van der Waals surface area contributed by atoms with Crippen molar-refractivity contribution < 1.29 is 9.90 Å². The maximum Gasteiger partial charge on any atom is 0.308 e. The average molecular weight is 317 g/mol. The van der Waals surface area contributed by atoms with Gasteiger partial charge in [0.1, 0.15) is 0 Å². The first kappa shape index (κ1) is 13.8. The fraction of sp³-hybridized carbons (Fsp3) is 0.143. The van der Waals surface area contributed by atoms with Crippen molar-refractivity contribution >= 4 is 28.6 Å². The number of aromatic nitrogens is 3. The number of carbonyl (C=O) groups is 1. The van der Waals surface area contributed by atoms with Crippen molar-refractivity contribution in [3.63, 3.8) is 0 Å². The highest BCUT2D eigenvalue weighted by Gasteiger charge is 2.11. The smallest absolute Gasteiger partial charge is 0.308 e. The van der Waals surface area contributed by atoms with Crippen molar-refractivity contribution in [3.05, 3.63) is 40.3 Å². The molecule has 21 heavy (non-hydrogen) atoms. The van der Waals surface area contributed by atoms with Crippen LogP contribution in [0.5, 0.6) is 0 Å². The number of aryl methyl sites for hydroxylation is 1. The third-order valence-corrected chi connectivity index (χ3v) is 4.66. The second-order valence-corrected chi connectivity index (χ2v) is 6.48. The molecule has 0 amide bonds. The summed E-state index contributed by atoms with van der Waals surface area (Å²) < 4.78 is 0. The van der Waals surface area contributed by atoms with Crippen LogP contribution >= 0.6 is 22.7 Å². The molecule has 7 heteroatoms. The minimum atomic E-state index is -0.824. The van der Waals surface area contributed by atoms with E-state index >= 15 is 0 Å². The maximum absolute atomic E-state index is 10.7. The van der Waals surface area contributed by atoms with Gasteiger partial charge < -0.3 is 5.11 Å². The molecule has 0 saturated heterocycles. The van der Waals surface area contributed by atoms with Crippen LogP contribution in [0.3, 0.4) is 0 Å². The molecule has 0 aliphatic rings. The van der Waals surface area contributed by atoms with E-state index in [9.17, 15) is 4.79 Å². The lowest BCUT2D eigenvalue weighted by Crippen LogP contribution is -1.96. The maximum atomic E-state index is 10.7. The van der Waals surface area contributed by atoms with Crippen molar-refractivity contribution in [1.82, 2.24) is 15.0 Å². The normalized spacial score (nSPS) is 10.7. The second-order valence-electron chi connectivity index (χ2n) is 4.46. The molecule has 0 bridgehead atoms. The number of nitrogens with zero attached hydrogens (tertiary/aromatic N) is 3. The molecular weight excluding hydrogens is 306 g/mol. The number of rotatable bonds is 4. The van der Waals surface area contributed by atoms with Crippen LogP contribution in [0.25, 0.3) is 21.4 Å². The minimum absolute atomic E-state index is 0.0444. The zero-order valence-corrected chi connectivity index (χ0v) is 12.7. The molecule has 3 aromatic rings. The van der Waals surface area contributed by atoms with Crippen molar-refractivity contribution in [3.8, 4) is 21.4 Å². The highest BCUT2D eigenvalue weighted by molar-refractivity contribution is 7.16. The third-order valence-electron chi connectivity index (χ3n) is 2.72. The summed E-state index contributed by atoms with van der Waals surface area (Å²) in [6.07, 6.45) is 3.57. The monoisotopic (exact) mass is 317 g/mol. The Balaban J connectivity index is 1.86. The zero-order chi connectivity index (χ0) is 14.8. The summed E-state index contributed by atoms with van der Waals surface area (Å²) in [6, 6.07) is 3.73. The number of carboxylic acid groups (broad SMARTS) is 1. The molecule has 3 rings (SSSR count). The van der Waals surface area contributed by atoms with Crippen LogP contribution in [0, 0.1) is 6.92 Å². The van der Waals surface area contributed by atoms with Gasteiger partial charge in [0.05, 0.1) is 17.0 Å². The summed E-state index contributed by atoms with van der Waals surface area (Å²) in [4.78, 5) is 25.5. The molecule has 0 aromatic carbocycles. The van der Waals surface area contributed by atoms with Crippen LogP contribution in [0.4, 0.5) is 0 Å². The summed E-state index contributed by atoms with van der Waals surface area (Å²) in [5, 5.41) is 11.5. The van der Waals surface area contributed by atoms with Crippen LogP contribution in [0.2, 0.25) is 0 Å². The first-order valence-electron chi connectivity index (χ1n) is 6.17. The Morgan fingerprint density at radius 1 is 1.29 bits per heavy atom. The topological polar surface area (TPSA) is 76.0 Å². The van der Waals surface area contributed by atoms with Gasteiger partial charge in [-0.1, -0.05) is 0 Å². The zero-order valence-electron chi connectivity index (χ0n) is 11.1. The van der Waals surface area contributed by atoms with Crippen molar-refractivity contribution in [2.24, 2.45) is 0 Å². The number of carboxylic acids is 1. The largest absolute Gasteiger partial charge is 0.481 e. The first-order valence-corrected chi connectivity index (χ1v) is 7.87. The van der Waals surface area contributed by atoms with E-state index in [1.807, 2.05) is 24.4 Å². The number of hydrogen-bond donors (Lipinski definition) is 1. The van der Waals surface area contributed by atoms with E-state index in [0.29, 0.717) is 5.82 Å². The molecule has 106 valence electrons. The molecule has 0 atom stereocenters.